The van der Waals surface area contributed by atoms with Crippen molar-refractivity contribution in [2.75, 3.05) is 33.3 Å². The molecule has 5 aliphatic rings. The van der Waals surface area contributed by atoms with Crippen LogP contribution in [0.1, 0.15) is 57.8 Å². The SMILES string of the molecule is COC1CCC2NC3SC(C(=O)N4CCN(C5CCCCC5)CC4)C(N)C3CC2C1. The molecule has 0 spiro atoms. The van der Waals surface area contributed by atoms with Crippen LogP contribution < -0.4 is 11.1 Å². The third-order valence-corrected chi connectivity index (χ3v) is 10.3. The highest BCUT2D eigenvalue weighted by Gasteiger charge is 2.51. The molecule has 7 heteroatoms. The van der Waals surface area contributed by atoms with Gasteiger partial charge in [0.15, 0.2) is 0 Å². The topological polar surface area (TPSA) is 70.8 Å². The smallest absolute Gasteiger partial charge is 0.237 e. The minimum Gasteiger partial charge on any atom is -0.381 e. The lowest BCUT2D eigenvalue weighted by molar-refractivity contribution is -0.133. The fraction of sp³-hybridized carbons (Fsp3) is 0.957. The van der Waals surface area contributed by atoms with E-state index in [1.165, 1.54) is 38.5 Å². The summed E-state index contributed by atoms with van der Waals surface area (Å²) in [7, 11) is 1.84. The zero-order chi connectivity index (χ0) is 20.7. The molecule has 1 amide bonds. The summed E-state index contributed by atoms with van der Waals surface area (Å²) < 4.78 is 5.64. The van der Waals surface area contributed by atoms with E-state index >= 15 is 0 Å². The lowest BCUT2D eigenvalue weighted by Crippen LogP contribution is -2.57. The Kier molecular flexibility index (Phi) is 6.64. The first-order valence-corrected chi connectivity index (χ1v) is 13.3. The van der Waals surface area contributed by atoms with Gasteiger partial charge in [-0.05, 0) is 44.4 Å². The van der Waals surface area contributed by atoms with E-state index < -0.39 is 0 Å². The summed E-state index contributed by atoms with van der Waals surface area (Å²) in [6.45, 7) is 3.83. The van der Waals surface area contributed by atoms with Gasteiger partial charge in [-0.2, -0.15) is 0 Å². The molecule has 3 N–H and O–H groups in total. The molecule has 6 nitrogen and oxygen atoms in total. The number of hydrogen-bond acceptors (Lipinski definition) is 6. The van der Waals surface area contributed by atoms with Crippen molar-refractivity contribution in [2.45, 2.75) is 92.6 Å². The number of piperidine rings is 1. The molecule has 30 heavy (non-hydrogen) atoms. The van der Waals surface area contributed by atoms with E-state index in [0.29, 0.717) is 35.3 Å². The number of rotatable bonds is 3. The molecule has 0 radical (unpaired) electrons. The number of nitrogens with zero attached hydrogens (tertiary/aromatic N) is 2. The van der Waals surface area contributed by atoms with Crippen LogP contribution in [0.2, 0.25) is 0 Å². The molecule has 0 aromatic carbocycles. The Morgan fingerprint density at radius 3 is 2.53 bits per heavy atom. The minimum atomic E-state index is -0.0768. The van der Waals surface area contributed by atoms with Gasteiger partial charge in [-0.15, -0.1) is 11.8 Å². The van der Waals surface area contributed by atoms with Gasteiger partial charge >= 0.3 is 0 Å². The van der Waals surface area contributed by atoms with Crippen molar-refractivity contribution in [2.24, 2.45) is 17.6 Å². The van der Waals surface area contributed by atoms with E-state index in [4.69, 9.17) is 10.5 Å². The normalized spacial score (nSPS) is 43.3. The number of thioether (sulfide) groups is 1. The molecular formula is C23H40N4O2S. The zero-order valence-corrected chi connectivity index (χ0v) is 19.3. The van der Waals surface area contributed by atoms with Crippen molar-refractivity contribution >= 4 is 17.7 Å². The van der Waals surface area contributed by atoms with Gasteiger partial charge in [-0.25, -0.2) is 0 Å². The van der Waals surface area contributed by atoms with Gasteiger partial charge in [0.25, 0.3) is 0 Å². The number of carbonyl (C=O) groups is 1. The van der Waals surface area contributed by atoms with Gasteiger partial charge in [0, 0.05) is 57.3 Å². The summed E-state index contributed by atoms with van der Waals surface area (Å²) in [6, 6.07) is 1.30. The second kappa shape index (κ2) is 9.26. The molecule has 7 atom stereocenters. The molecule has 0 aromatic heterocycles. The maximum Gasteiger partial charge on any atom is 0.237 e. The Morgan fingerprint density at radius 2 is 1.80 bits per heavy atom. The average Bonchev–Trinajstić information content (AvgIpc) is 3.12. The molecule has 2 aliphatic carbocycles. The third-order valence-electron chi connectivity index (χ3n) is 8.71. The van der Waals surface area contributed by atoms with Crippen LogP contribution in [0, 0.1) is 11.8 Å². The molecular weight excluding hydrogens is 396 g/mol. The number of methoxy groups -OCH3 is 1. The third kappa shape index (κ3) is 4.17. The molecule has 0 aromatic rings. The minimum absolute atomic E-state index is 0.0276. The maximum absolute atomic E-state index is 13.4. The molecule has 3 aliphatic heterocycles. The second-order valence-corrected chi connectivity index (χ2v) is 11.6. The van der Waals surface area contributed by atoms with E-state index in [9.17, 15) is 4.79 Å². The number of carbonyl (C=O) groups excluding carboxylic acids is 1. The van der Waals surface area contributed by atoms with Crippen LogP contribution in [0.4, 0.5) is 0 Å². The van der Waals surface area contributed by atoms with Crippen LogP contribution in [-0.2, 0) is 9.53 Å². The molecule has 5 fully saturated rings. The fourth-order valence-corrected chi connectivity index (χ4v) is 8.56. The lowest BCUT2D eigenvalue weighted by atomic mass is 9.73. The Morgan fingerprint density at radius 1 is 1.03 bits per heavy atom. The van der Waals surface area contributed by atoms with E-state index in [2.05, 4.69) is 15.1 Å². The molecule has 0 bridgehead atoms. The summed E-state index contributed by atoms with van der Waals surface area (Å²) in [5.41, 5.74) is 6.72. The number of nitrogens with two attached hydrogens (primary N) is 1. The molecule has 3 heterocycles. The fourth-order valence-electron chi connectivity index (χ4n) is 6.85. The maximum atomic E-state index is 13.4. The van der Waals surface area contributed by atoms with Crippen LogP contribution in [0.5, 0.6) is 0 Å². The van der Waals surface area contributed by atoms with E-state index in [1.54, 1.807) is 0 Å². The quantitative estimate of drug-likeness (QED) is 0.705. The van der Waals surface area contributed by atoms with Crippen LogP contribution in [-0.4, -0.2) is 83.8 Å². The largest absolute Gasteiger partial charge is 0.381 e. The first-order valence-electron chi connectivity index (χ1n) is 12.4. The predicted octanol–water partition coefficient (Wildman–Crippen LogP) is 2.03. The van der Waals surface area contributed by atoms with Gasteiger partial charge in [-0.3, -0.25) is 9.69 Å². The van der Waals surface area contributed by atoms with Crippen molar-refractivity contribution in [1.82, 2.24) is 15.1 Å². The average molecular weight is 437 g/mol. The van der Waals surface area contributed by atoms with Gasteiger partial charge in [0.2, 0.25) is 5.91 Å². The van der Waals surface area contributed by atoms with Crippen LogP contribution in [0.25, 0.3) is 0 Å². The summed E-state index contributed by atoms with van der Waals surface area (Å²) >= 11 is 1.82. The van der Waals surface area contributed by atoms with Crippen LogP contribution in [0.15, 0.2) is 0 Å². The van der Waals surface area contributed by atoms with E-state index in [1.807, 2.05) is 18.9 Å². The molecule has 170 valence electrons. The van der Waals surface area contributed by atoms with E-state index in [0.717, 1.165) is 51.5 Å². The van der Waals surface area contributed by atoms with Crippen molar-refractivity contribution in [3.63, 3.8) is 0 Å². The van der Waals surface area contributed by atoms with Gasteiger partial charge in [0.1, 0.15) is 5.25 Å². The lowest BCUT2D eigenvalue weighted by Gasteiger charge is -2.44. The number of ether oxygens (including phenoxy) is 1. The number of nitrogens with one attached hydrogen (secondary N) is 1. The predicted molar refractivity (Wildman–Crippen MR) is 121 cm³/mol. The highest BCUT2D eigenvalue weighted by molar-refractivity contribution is 8.01. The number of fused-ring (bicyclic) bond motifs is 2. The number of piperazine rings is 1. The molecule has 7 unspecified atom stereocenters. The molecule has 5 rings (SSSR count). The van der Waals surface area contributed by atoms with Crippen molar-refractivity contribution in [1.29, 1.82) is 0 Å². The van der Waals surface area contributed by atoms with Crippen LogP contribution in [0.3, 0.4) is 0 Å². The standard InChI is InChI=1S/C23H40N4O2S/c1-29-17-7-8-19-15(13-17)14-18-20(24)21(30-22(18)25-19)23(28)27-11-9-26(10-12-27)16-5-3-2-4-6-16/h15-22,25H,2-14,24H2,1H3. The van der Waals surface area contributed by atoms with Crippen molar-refractivity contribution in [3.05, 3.63) is 0 Å². The van der Waals surface area contributed by atoms with Gasteiger partial charge < -0.3 is 20.7 Å². The molecule has 3 saturated heterocycles. The Labute approximate surface area is 186 Å². The zero-order valence-electron chi connectivity index (χ0n) is 18.5. The van der Waals surface area contributed by atoms with Crippen molar-refractivity contribution < 1.29 is 9.53 Å². The van der Waals surface area contributed by atoms with Crippen molar-refractivity contribution in [3.8, 4) is 0 Å². The monoisotopic (exact) mass is 436 g/mol. The first kappa shape index (κ1) is 21.5. The van der Waals surface area contributed by atoms with Gasteiger partial charge in [0.05, 0.1) is 11.5 Å². The second-order valence-electron chi connectivity index (χ2n) is 10.3. The highest BCUT2D eigenvalue weighted by atomic mass is 32.2. The Hall–Kier alpha value is -0.340. The van der Waals surface area contributed by atoms with E-state index in [-0.39, 0.29) is 11.3 Å². The Bertz CT molecular complexity index is 608. The number of amides is 1. The molecule has 2 saturated carbocycles. The number of hydrogen-bond donors (Lipinski definition) is 2. The van der Waals surface area contributed by atoms with Crippen LogP contribution >= 0.6 is 11.8 Å². The first-order chi connectivity index (χ1) is 14.6. The summed E-state index contributed by atoms with van der Waals surface area (Å²) in [5.74, 6) is 1.35. The summed E-state index contributed by atoms with van der Waals surface area (Å²) in [6.07, 6.45) is 11.9. The van der Waals surface area contributed by atoms with Gasteiger partial charge in [-0.1, -0.05) is 19.3 Å². The summed E-state index contributed by atoms with van der Waals surface area (Å²) in [5, 5.41) is 4.15. The Balaban J connectivity index is 1.16. The highest BCUT2D eigenvalue weighted by Crippen LogP contribution is 2.47. The summed E-state index contributed by atoms with van der Waals surface area (Å²) in [4.78, 5) is 18.2.